The van der Waals surface area contributed by atoms with Gasteiger partial charge in [0.05, 0.1) is 12.3 Å². The number of hydrogen-bond donors (Lipinski definition) is 2. The Kier molecular flexibility index (Phi) is 3.67. The number of nitriles is 1. The zero-order valence-corrected chi connectivity index (χ0v) is 10.0. The molecule has 1 aromatic rings. The molecule has 88 valence electrons. The van der Waals surface area contributed by atoms with Crippen molar-refractivity contribution in [1.29, 1.82) is 5.26 Å². The van der Waals surface area contributed by atoms with Gasteiger partial charge in [-0.15, -0.1) is 0 Å². The average Bonchev–Trinajstić information content (AvgIpc) is 2.80. The molecule has 0 unspecified atom stereocenters. The summed E-state index contributed by atoms with van der Waals surface area (Å²) in [5.41, 5.74) is -1.05. The van der Waals surface area contributed by atoms with Crippen molar-refractivity contribution in [2.75, 3.05) is 0 Å². The van der Waals surface area contributed by atoms with E-state index in [0.717, 1.165) is 0 Å². The normalized spacial score (nSPS) is 12.3. The molecule has 0 aliphatic carbocycles. The van der Waals surface area contributed by atoms with Crippen LogP contribution in [0.1, 0.15) is 26.7 Å². The summed E-state index contributed by atoms with van der Waals surface area (Å²) in [7, 11) is -3.70. The Labute approximate surface area is 94.7 Å². The topological polar surface area (TPSA) is 98.6 Å². The molecule has 1 heterocycles. The van der Waals surface area contributed by atoms with Crippen LogP contribution in [0, 0.1) is 11.3 Å². The van der Waals surface area contributed by atoms with Crippen LogP contribution in [0.15, 0.2) is 17.3 Å². The molecule has 0 aromatic carbocycles. The smallest absolute Gasteiger partial charge is 0.258 e. The Bertz CT molecular complexity index is 468. The van der Waals surface area contributed by atoms with E-state index in [-0.39, 0.29) is 5.03 Å². The number of aromatic amines is 1. The number of rotatable bonds is 5. The van der Waals surface area contributed by atoms with Crippen molar-refractivity contribution in [3.8, 4) is 6.07 Å². The first-order valence-corrected chi connectivity index (χ1v) is 6.42. The van der Waals surface area contributed by atoms with Crippen LogP contribution in [-0.4, -0.2) is 24.2 Å². The number of nitrogens with zero attached hydrogens (tertiary/aromatic N) is 2. The SMILES string of the molecule is CCC(C#N)(CC)NS(=O)(=O)c1ccn[nH]1. The maximum atomic E-state index is 11.9. The quantitative estimate of drug-likeness (QED) is 0.796. The van der Waals surface area contributed by atoms with Gasteiger partial charge < -0.3 is 0 Å². The maximum absolute atomic E-state index is 11.9. The minimum absolute atomic E-state index is 0.0333. The summed E-state index contributed by atoms with van der Waals surface area (Å²) < 4.78 is 26.1. The van der Waals surface area contributed by atoms with Crippen molar-refractivity contribution in [1.82, 2.24) is 14.9 Å². The molecule has 0 saturated heterocycles. The second-order valence-electron chi connectivity index (χ2n) is 3.43. The van der Waals surface area contributed by atoms with Gasteiger partial charge in [0.25, 0.3) is 10.0 Å². The molecule has 1 rings (SSSR count). The lowest BCUT2D eigenvalue weighted by Crippen LogP contribution is -2.46. The first kappa shape index (κ1) is 12.7. The van der Waals surface area contributed by atoms with Gasteiger partial charge in [-0.2, -0.15) is 15.1 Å². The highest BCUT2D eigenvalue weighted by molar-refractivity contribution is 7.89. The van der Waals surface area contributed by atoms with E-state index in [1.54, 1.807) is 13.8 Å². The monoisotopic (exact) mass is 242 g/mol. The molecule has 1 aromatic heterocycles. The molecule has 0 fully saturated rings. The molecule has 7 heteroatoms. The van der Waals surface area contributed by atoms with E-state index in [0.29, 0.717) is 12.8 Å². The van der Waals surface area contributed by atoms with Crippen molar-refractivity contribution in [2.24, 2.45) is 0 Å². The fourth-order valence-electron chi connectivity index (χ4n) is 1.28. The summed E-state index contributed by atoms with van der Waals surface area (Å²) in [6.07, 6.45) is 2.17. The predicted molar refractivity (Wildman–Crippen MR) is 57.8 cm³/mol. The summed E-state index contributed by atoms with van der Waals surface area (Å²) in [4.78, 5) is 0. The molecule has 0 aliphatic rings. The highest BCUT2D eigenvalue weighted by Gasteiger charge is 2.32. The third kappa shape index (κ3) is 2.40. The van der Waals surface area contributed by atoms with Crippen LogP contribution < -0.4 is 4.72 Å². The van der Waals surface area contributed by atoms with E-state index >= 15 is 0 Å². The van der Waals surface area contributed by atoms with E-state index in [4.69, 9.17) is 5.26 Å². The standard InChI is InChI=1S/C9H14N4O2S/c1-3-9(4-2,7-10)13-16(14,15)8-5-6-11-12-8/h5-6,13H,3-4H2,1-2H3,(H,11,12). The second-order valence-corrected chi connectivity index (χ2v) is 5.08. The molecule has 0 saturated carbocycles. The predicted octanol–water partition coefficient (Wildman–Crippen LogP) is 0.770. The van der Waals surface area contributed by atoms with Gasteiger partial charge in [0.1, 0.15) is 5.54 Å². The van der Waals surface area contributed by atoms with E-state index in [2.05, 4.69) is 14.9 Å². The van der Waals surface area contributed by atoms with Gasteiger partial charge >= 0.3 is 0 Å². The molecule has 0 amide bonds. The Morgan fingerprint density at radius 3 is 2.56 bits per heavy atom. The molecule has 0 spiro atoms. The Balaban J connectivity index is 3.02. The number of aromatic nitrogens is 2. The van der Waals surface area contributed by atoms with Gasteiger partial charge in [-0.25, -0.2) is 8.42 Å². The molecule has 6 nitrogen and oxygen atoms in total. The zero-order chi connectivity index (χ0) is 12.2. The molecule has 2 N–H and O–H groups in total. The Morgan fingerprint density at radius 1 is 1.56 bits per heavy atom. The van der Waals surface area contributed by atoms with Crippen LogP contribution in [0.3, 0.4) is 0 Å². The molecular weight excluding hydrogens is 228 g/mol. The van der Waals surface area contributed by atoms with Gasteiger partial charge in [0, 0.05) is 0 Å². The minimum Gasteiger partial charge on any atom is -0.266 e. The zero-order valence-electron chi connectivity index (χ0n) is 9.19. The number of sulfonamides is 1. The van der Waals surface area contributed by atoms with Crippen LogP contribution in [0.2, 0.25) is 0 Å². The summed E-state index contributed by atoms with van der Waals surface area (Å²) in [5.74, 6) is 0. The lowest BCUT2D eigenvalue weighted by atomic mass is 9.97. The highest BCUT2D eigenvalue weighted by atomic mass is 32.2. The number of H-pyrrole nitrogens is 1. The first-order chi connectivity index (χ1) is 7.49. The van der Waals surface area contributed by atoms with Crippen LogP contribution in [0.4, 0.5) is 0 Å². The van der Waals surface area contributed by atoms with Gasteiger partial charge in [0.2, 0.25) is 0 Å². The van der Waals surface area contributed by atoms with E-state index < -0.39 is 15.6 Å². The fourth-order valence-corrected chi connectivity index (χ4v) is 2.65. The van der Waals surface area contributed by atoms with Gasteiger partial charge in [-0.05, 0) is 18.9 Å². The summed E-state index contributed by atoms with van der Waals surface area (Å²) in [6.45, 7) is 3.53. The molecule has 16 heavy (non-hydrogen) atoms. The second kappa shape index (κ2) is 4.63. The summed E-state index contributed by atoms with van der Waals surface area (Å²) >= 11 is 0. The number of hydrogen-bond acceptors (Lipinski definition) is 4. The molecule has 0 radical (unpaired) electrons. The summed E-state index contributed by atoms with van der Waals surface area (Å²) in [6, 6.07) is 3.35. The van der Waals surface area contributed by atoms with Gasteiger partial charge in [-0.3, -0.25) is 5.10 Å². The number of nitrogens with one attached hydrogen (secondary N) is 2. The lowest BCUT2D eigenvalue weighted by Gasteiger charge is -2.23. The third-order valence-electron chi connectivity index (χ3n) is 2.52. The minimum atomic E-state index is -3.70. The molecule has 0 atom stereocenters. The average molecular weight is 242 g/mol. The fraction of sp³-hybridized carbons (Fsp3) is 0.556. The Morgan fingerprint density at radius 2 is 2.19 bits per heavy atom. The summed E-state index contributed by atoms with van der Waals surface area (Å²) in [5, 5.41) is 14.9. The van der Waals surface area contributed by atoms with Crippen molar-refractivity contribution < 1.29 is 8.42 Å². The van der Waals surface area contributed by atoms with E-state index in [1.807, 2.05) is 6.07 Å². The Hall–Kier alpha value is -1.39. The molecular formula is C9H14N4O2S. The van der Waals surface area contributed by atoms with Crippen LogP contribution in [0.25, 0.3) is 0 Å². The molecule has 0 aliphatic heterocycles. The van der Waals surface area contributed by atoms with Crippen LogP contribution in [0.5, 0.6) is 0 Å². The van der Waals surface area contributed by atoms with Crippen molar-refractivity contribution >= 4 is 10.0 Å². The molecule has 0 bridgehead atoms. The largest absolute Gasteiger partial charge is 0.266 e. The van der Waals surface area contributed by atoms with Crippen molar-refractivity contribution in [3.05, 3.63) is 12.3 Å². The van der Waals surface area contributed by atoms with Crippen LogP contribution in [-0.2, 0) is 10.0 Å². The van der Waals surface area contributed by atoms with Crippen molar-refractivity contribution in [2.45, 2.75) is 37.3 Å². The van der Waals surface area contributed by atoms with Gasteiger partial charge in [-0.1, -0.05) is 13.8 Å². The maximum Gasteiger partial charge on any atom is 0.258 e. The van der Waals surface area contributed by atoms with Crippen molar-refractivity contribution in [3.63, 3.8) is 0 Å². The van der Waals surface area contributed by atoms with E-state index in [9.17, 15) is 8.42 Å². The lowest BCUT2D eigenvalue weighted by molar-refractivity contribution is 0.445. The highest BCUT2D eigenvalue weighted by Crippen LogP contribution is 2.17. The van der Waals surface area contributed by atoms with E-state index in [1.165, 1.54) is 12.3 Å². The first-order valence-electron chi connectivity index (χ1n) is 4.94. The van der Waals surface area contributed by atoms with Crippen LogP contribution >= 0.6 is 0 Å². The van der Waals surface area contributed by atoms with Gasteiger partial charge in [0.15, 0.2) is 5.03 Å². The third-order valence-corrected chi connectivity index (χ3v) is 3.98.